The number of non-ortho nitro benzene ring substituents is 1. The summed E-state index contributed by atoms with van der Waals surface area (Å²) in [5, 5.41) is 20.0. The molecular formula is C11H12F3NO4. The molecule has 1 rings (SSSR count). The molecule has 1 aromatic rings. The van der Waals surface area contributed by atoms with Crippen molar-refractivity contribution in [2.24, 2.45) is 0 Å². The van der Waals surface area contributed by atoms with Gasteiger partial charge in [-0.15, -0.1) is 0 Å². The molecule has 0 aliphatic carbocycles. The maximum absolute atomic E-state index is 12.0. The minimum absolute atomic E-state index is 0.00449. The molecule has 0 unspecified atom stereocenters. The highest BCUT2D eigenvalue weighted by atomic mass is 19.4. The van der Waals surface area contributed by atoms with Crippen LogP contribution in [-0.2, 0) is 0 Å². The molecule has 0 amide bonds. The van der Waals surface area contributed by atoms with Crippen molar-refractivity contribution < 1.29 is 27.9 Å². The number of nitro benzene ring substituents is 1. The summed E-state index contributed by atoms with van der Waals surface area (Å²) in [5.74, 6) is 0.00449. The SMILES string of the molecule is C[C@@H](O)c1cc([N+](=O)[O-])ccc1OCCC(F)(F)F. The summed E-state index contributed by atoms with van der Waals surface area (Å²) in [6.07, 6.45) is -6.56. The summed E-state index contributed by atoms with van der Waals surface area (Å²) in [7, 11) is 0. The molecule has 0 aliphatic heterocycles. The Balaban J connectivity index is 2.85. The number of hydrogen-bond donors (Lipinski definition) is 1. The lowest BCUT2D eigenvalue weighted by Crippen LogP contribution is -2.13. The zero-order valence-corrected chi connectivity index (χ0v) is 9.98. The van der Waals surface area contributed by atoms with Gasteiger partial charge in [0.05, 0.1) is 24.1 Å². The largest absolute Gasteiger partial charge is 0.493 e. The molecule has 0 saturated carbocycles. The standard InChI is InChI=1S/C11H12F3NO4/c1-7(16)9-6-8(15(17)18)2-3-10(9)19-5-4-11(12,13)14/h2-3,6-7,16H,4-5H2,1H3/t7-/m1/s1. The number of aliphatic hydroxyl groups is 1. The van der Waals surface area contributed by atoms with E-state index in [1.54, 1.807) is 0 Å². The lowest BCUT2D eigenvalue weighted by molar-refractivity contribution is -0.385. The summed E-state index contributed by atoms with van der Waals surface area (Å²) < 4.78 is 40.8. The lowest BCUT2D eigenvalue weighted by atomic mass is 10.1. The summed E-state index contributed by atoms with van der Waals surface area (Å²) in [6.45, 7) is 0.733. The van der Waals surface area contributed by atoms with E-state index in [4.69, 9.17) is 4.74 Å². The Labute approximate surface area is 106 Å². The molecule has 1 atom stereocenters. The van der Waals surface area contributed by atoms with Gasteiger partial charge in [-0.2, -0.15) is 13.2 Å². The topological polar surface area (TPSA) is 72.6 Å². The number of halogens is 3. The first kappa shape index (κ1) is 15.2. The molecule has 5 nitrogen and oxygen atoms in total. The Hall–Kier alpha value is -1.83. The molecule has 0 aromatic heterocycles. The summed E-state index contributed by atoms with van der Waals surface area (Å²) >= 11 is 0. The summed E-state index contributed by atoms with van der Waals surface area (Å²) in [6, 6.07) is 3.36. The second-order valence-corrected chi connectivity index (χ2v) is 3.87. The van der Waals surface area contributed by atoms with Crippen LogP contribution in [0.4, 0.5) is 18.9 Å². The van der Waals surface area contributed by atoms with Crippen molar-refractivity contribution in [2.45, 2.75) is 25.6 Å². The molecular weight excluding hydrogens is 267 g/mol. The van der Waals surface area contributed by atoms with Crippen LogP contribution in [-0.4, -0.2) is 22.8 Å². The van der Waals surface area contributed by atoms with Crippen molar-refractivity contribution in [3.63, 3.8) is 0 Å². The van der Waals surface area contributed by atoms with E-state index in [0.29, 0.717) is 0 Å². The minimum atomic E-state index is -4.34. The maximum atomic E-state index is 12.0. The Morgan fingerprint density at radius 3 is 2.58 bits per heavy atom. The fourth-order valence-electron chi connectivity index (χ4n) is 1.38. The zero-order valence-electron chi connectivity index (χ0n) is 9.98. The van der Waals surface area contributed by atoms with Crippen LogP contribution in [0, 0.1) is 10.1 Å². The van der Waals surface area contributed by atoms with Crippen LogP contribution >= 0.6 is 0 Å². The highest BCUT2D eigenvalue weighted by Gasteiger charge is 2.27. The smallest absolute Gasteiger partial charge is 0.392 e. The van der Waals surface area contributed by atoms with Crippen molar-refractivity contribution in [1.29, 1.82) is 0 Å². The van der Waals surface area contributed by atoms with Gasteiger partial charge in [0.2, 0.25) is 0 Å². The van der Waals surface area contributed by atoms with Crippen molar-refractivity contribution >= 4 is 5.69 Å². The van der Waals surface area contributed by atoms with Gasteiger partial charge in [-0.3, -0.25) is 10.1 Å². The van der Waals surface area contributed by atoms with Gasteiger partial charge in [0.15, 0.2) is 0 Å². The quantitative estimate of drug-likeness (QED) is 0.664. The number of benzene rings is 1. The molecule has 106 valence electrons. The van der Waals surface area contributed by atoms with Gasteiger partial charge in [-0.25, -0.2) is 0 Å². The predicted molar refractivity (Wildman–Crippen MR) is 59.9 cm³/mol. The van der Waals surface area contributed by atoms with Gasteiger partial charge < -0.3 is 9.84 Å². The van der Waals surface area contributed by atoms with Crippen LogP contribution in [0.15, 0.2) is 18.2 Å². The van der Waals surface area contributed by atoms with Gasteiger partial charge in [-0.05, 0) is 13.0 Å². The molecule has 8 heteroatoms. The third-order valence-electron chi connectivity index (χ3n) is 2.30. The second-order valence-electron chi connectivity index (χ2n) is 3.87. The lowest BCUT2D eigenvalue weighted by Gasteiger charge is -2.14. The third kappa shape index (κ3) is 4.74. The van der Waals surface area contributed by atoms with Crippen LogP contribution in [0.25, 0.3) is 0 Å². The Morgan fingerprint density at radius 2 is 2.11 bits per heavy atom. The number of nitrogens with zero attached hydrogens (tertiary/aromatic N) is 1. The molecule has 0 bridgehead atoms. The number of rotatable bonds is 5. The normalized spacial score (nSPS) is 13.1. The number of ether oxygens (including phenoxy) is 1. The number of aliphatic hydroxyl groups excluding tert-OH is 1. The van der Waals surface area contributed by atoms with E-state index in [1.807, 2.05) is 0 Å². The monoisotopic (exact) mass is 279 g/mol. The highest BCUT2D eigenvalue weighted by molar-refractivity contribution is 5.44. The van der Waals surface area contributed by atoms with E-state index in [2.05, 4.69) is 0 Å². The van der Waals surface area contributed by atoms with Gasteiger partial charge in [0.25, 0.3) is 5.69 Å². The van der Waals surface area contributed by atoms with Crippen LogP contribution in [0.1, 0.15) is 25.0 Å². The first-order valence-corrected chi connectivity index (χ1v) is 5.36. The zero-order chi connectivity index (χ0) is 14.6. The van der Waals surface area contributed by atoms with Crippen LogP contribution in [0.5, 0.6) is 5.75 Å². The van der Waals surface area contributed by atoms with E-state index >= 15 is 0 Å². The molecule has 1 N–H and O–H groups in total. The van der Waals surface area contributed by atoms with Crippen LogP contribution in [0.2, 0.25) is 0 Å². The highest BCUT2D eigenvalue weighted by Crippen LogP contribution is 2.30. The Morgan fingerprint density at radius 1 is 1.47 bits per heavy atom. The van der Waals surface area contributed by atoms with E-state index in [1.165, 1.54) is 13.0 Å². The van der Waals surface area contributed by atoms with Crippen molar-refractivity contribution in [1.82, 2.24) is 0 Å². The Bertz CT molecular complexity index is 460. The van der Waals surface area contributed by atoms with E-state index < -0.39 is 30.2 Å². The van der Waals surface area contributed by atoms with Crippen LogP contribution < -0.4 is 4.74 Å². The Kier molecular flexibility index (Phi) is 4.71. The van der Waals surface area contributed by atoms with Gasteiger partial charge in [0, 0.05) is 17.7 Å². The number of nitro groups is 1. The number of hydrogen-bond acceptors (Lipinski definition) is 4. The fourth-order valence-corrected chi connectivity index (χ4v) is 1.38. The van der Waals surface area contributed by atoms with E-state index in [9.17, 15) is 28.4 Å². The maximum Gasteiger partial charge on any atom is 0.392 e. The third-order valence-corrected chi connectivity index (χ3v) is 2.30. The minimum Gasteiger partial charge on any atom is -0.493 e. The van der Waals surface area contributed by atoms with E-state index in [-0.39, 0.29) is 17.0 Å². The summed E-state index contributed by atoms with van der Waals surface area (Å²) in [5.41, 5.74) is -0.185. The molecule has 0 radical (unpaired) electrons. The second kappa shape index (κ2) is 5.87. The molecule has 0 heterocycles. The molecule has 0 spiro atoms. The average molecular weight is 279 g/mol. The molecule has 0 saturated heterocycles. The summed E-state index contributed by atoms with van der Waals surface area (Å²) in [4.78, 5) is 9.91. The van der Waals surface area contributed by atoms with Crippen LogP contribution in [0.3, 0.4) is 0 Å². The first-order valence-electron chi connectivity index (χ1n) is 5.36. The van der Waals surface area contributed by atoms with Gasteiger partial charge in [0.1, 0.15) is 5.75 Å². The van der Waals surface area contributed by atoms with Gasteiger partial charge >= 0.3 is 6.18 Å². The van der Waals surface area contributed by atoms with Crippen molar-refractivity contribution in [3.8, 4) is 5.75 Å². The van der Waals surface area contributed by atoms with Crippen molar-refractivity contribution in [2.75, 3.05) is 6.61 Å². The first-order chi connectivity index (χ1) is 8.70. The molecule has 1 aromatic carbocycles. The molecule has 0 fully saturated rings. The molecule has 0 aliphatic rings. The molecule has 19 heavy (non-hydrogen) atoms. The fraction of sp³-hybridized carbons (Fsp3) is 0.455. The van der Waals surface area contributed by atoms with Crippen molar-refractivity contribution in [3.05, 3.63) is 33.9 Å². The van der Waals surface area contributed by atoms with E-state index in [0.717, 1.165) is 12.1 Å². The average Bonchev–Trinajstić information content (AvgIpc) is 2.27. The number of alkyl halides is 3. The van der Waals surface area contributed by atoms with Gasteiger partial charge in [-0.1, -0.05) is 0 Å². The predicted octanol–water partition coefficient (Wildman–Crippen LogP) is 2.98.